The van der Waals surface area contributed by atoms with Crippen LogP contribution in [0.15, 0.2) is 44.9 Å². The first-order valence-electron chi connectivity index (χ1n) is 8.96. The standard InChI is InChI=1S/C19H21N5O6S/c1-22(2)31(28,29)15-8-11(6-7-14(15)30-5)17(25)21-12-9-13-16(20-10-12)23(3)19(27)24(4)18(13)26/h6-10H,1-5H3,(H,21,25). The van der Waals surface area contributed by atoms with Crippen molar-refractivity contribution in [3.05, 3.63) is 56.9 Å². The van der Waals surface area contributed by atoms with Gasteiger partial charge in [-0.15, -0.1) is 0 Å². The molecule has 0 saturated heterocycles. The van der Waals surface area contributed by atoms with E-state index >= 15 is 0 Å². The van der Waals surface area contributed by atoms with Crippen LogP contribution in [0.5, 0.6) is 5.75 Å². The minimum Gasteiger partial charge on any atom is -0.495 e. The fourth-order valence-electron chi connectivity index (χ4n) is 2.95. The minimum absolute atomic E-state index is 0.0645. The highest BCUT2D eigenvalue weighted by Crippen LogP contribution is 2.27. The molecule has 0 fully saturated rings. The zero-order valence-electron chi connectivity index (χ0n) is 17.5. The zero-order valence-corrected chi connectivity index (χ0v) is 18.3. The summed E-state index contributed by atoms with van der Waals surface area (Å²) >= 11 is 0. The number of carbonyl (C=O) groups excluding carboxylic acids is 1. The van der Waals surface area contributed by atoms with Gasteiger partial charge in [-0.25, -0.2) is 22.5 Å². The molecular weight excluding hydrogens is 426 g/mol. The van der Waals surface area contributed by atoms with Gasteiger partial charge in [0.1, 0.15) is 16.3 Å². The summed E-state index contributed by atoms with van der Waals surface area (Å²) in [6.07, 6.45) is 1.31. The second kappa shape index (κ2) is 7.96. The van der Waals surface area contributed by atoms with E-state index in [4.69, 9.17) is 4.74 Å². The molecule has 3 rings (SSSR count). The number of nitrogens with zero attached hydrogens (tertiary/aromatic N) is 4. The lowest BCUT2D eigenvalue weighted by Crippen LogP contribution is -2.37. The van der Waals surface area contributed by atoms with Crippen LogP contribution in [-0.4, -0.2) is 54.0 Å². The van der Waals surface area contributed by atoms with E-state index in [1.165, 1.54) is 70.3 Å². The number of sulfonamides is 1. The molecule has 0 saturated carbocycles. The van der Waals surface area contributed by atoms with Gasteiger partial charge in [-0.3, -0.25) is 18.7 Å². The topological polar surface area (TPSA) is 133 Å². The first kappa shape index (κ1) is 22.2. The number of nitrogens with one attached hydrogen (secondary N) is 1. The van der Waals surface area contributed by atoms with Gasteiger partial charge in [0.2, 0.25) is 10.0 Å². The van der Waals surface area contributed by atoms with Crippen molar-refractivity contribution in [2.75, 3.05) is 26.5 Å². The molecule has 0 atom stereocenters. The van der Waals surface area contributed by atoms with Crippen molar-refractivity contribution in [3.63, 3.8) is 0 Å². The third kappa shape index (κ3) is 3.82. The van der Waals surface area contributed by atoms with Crippen LogP contribution < -0.4 is 21.3 Å². The molecule has 3 aromatic rings. The molecule has 0 spiro atoms. The van der Waals surface area contributed by atoms with Gasteiger partial charge in [-0.05, 0) is 24.3 Å². The van der Waals surface area contributed by atoms with Crippen LogP contribution in [0.25, 0.3) is 11.0 Å². The van der Waals surface area contributed by atoms with Gasteiger partial charge in [0.15, 0.2) is 0 Å². The third-order valence-corrected chi connectivity index (χ3v) is 6.57. The molecule has 1 N–H and O–H groups in total. The van der Waals surface area contributed by atoms with E-state index < -0.39 is 27.2 Å². The summed E-state index contributed by atoms with van der Waals surface area (Å²) in [4.78, 5) is 41.1. The Kier molecular flexibility index (Phi) is 5.70. The van der Waals surface area contributed by atoms with Crippen molar-refractivity contribution in [1.29, 1.82) is 0 Å². The van der Waals surface area contributed by atoms with Crippen molar-refractivity contribution in [1.82, 2.24) is 18.4 Å². The lowest BCUT2D eigenvalue weighted by atomic mass is 10.2. The number of anilines is 1. The number of aryl methyl sites for hydroxylation is 1. The van der Waals surface area contributed by atoms with E-state index in [-0.39, 0.29) is 32.9 Å². The Morgan fingerprint density at radius 1 is 1.13 bits per heavy atom. The fourth-order valence-corrected chi connectivity index (χ4v) is 4.03. The maximum Gasteiger partial charge on any atom is 0.332 e. The summed E-state index contributed by atoms with van der Waals surface area (Å²) in [5.74, 6) is -0.511. The van der Waals surface area contributed by atoms with Crippen molar-refractivity contribution >= 4 is 32.7 Å². The van der Waals surface area contributed by atoms with Crippen LogP contribution >= 0.6 is 0 Å². The number of amides is 1. The zero-order chi connectivity index (χ0) is 23.1. The summed E-state index contributed by atoms with van der Waals surface area (Å²) in [5, 5.41) is 2.74. The molecule has 0 unspecified atom stereocenters. The van der Waals surface area contributed by atoms with Crippen LogP contribution in [0.4, 0.5) is 5.69 Å². The normalized spacial score (nSPS) is 11.7. The molecule has 11 nitrogen and oxygen atoms in total. The molecule has 12 heteroatoms. The Morgan fingerprint density at radius 3 is 2.42 bits per heavy atom. The molecule has 0 aliphatic carbocycles. The molecule has 31 heavy (non-hydrogen) atoms. The second-order valence-corrected chi connectivity index (χ2v) is 9.03. The maximum absolute atomic E-state index is 12.7. The van der Waals surface area contributed by atoms with E-state index in [0.29, 0.717) is 0 Å². The molecule has 0 aliphatic rings. The highest BCUT2D eigenvalue weighted by Gasteiger charge is 2.24. The van der Waals surface area contributed by atoms with Gasteiger partial charge < -0.3 is 10.1 Å². The summed E-state index contributed by atoms with van der Waals surface area (Å²) in [6, 6.07) is 5.42. The monoisotopic (exact) mass is 447 g/mol. The highest BCUT2D eigenvalue weighted by molar-refractivity contribution is 7.89. The van der Waals surface area contributed by atoms with Gasteiger partial charge in [0.25, 0.3) is 11.5 Å². The van der Waals surface area contributed by atoms with E-state index in [2.05, 4.69) is 10.3 Å². The summed E-state index contributed by atoms with van der Waals surface area (Å²) in [7, 11) is 3.05. The quantitative estimate of drug-likeness (QED) is 0.588. The molecule has 0 radical (unpaired) electrons. The first-order valence-corrected chi connectivity index (χ1v) is 10.4. The Morgan fingerprint density at radius 2 is 1.81 bits per heavy atom. The number of hydrogen-bond donors (Lipinski definition) is 1. The van der Waals surface area contributed by atoms with Gasteiger partial charge in [0.05, 0.1) is 24.4 Å². The largest absolute Gasteiger partial charge is 0.495 e. The minimum atomic E-state index is -3.86. The number of benzene rings is 1. The average molecular weight is 447 g/mol. The van der Waals surface area contributed by atoms with Crippen molar-refractivity contribution < 1.29 is 17.9 Å². The number of aromatic nitrogens is 3. The SMILES string of the molecule is COc1ccc(C(=O)Nc2cnc3c(c2)c(=O)n(C)c(=O)n3C)cc1S(=O)(=O)N(C)C. The molecule has 0 bridgehead atoms. The fraction of sp³-hybridized carbons (Fsp3) is 0.263. The smallest absolute Gasteiger partial charge is 0.332 e. The Labute approximate surface area is 177 Å². The number of rotatable bonds is 5. The van der Waals surface area contributed by atoms with Gasteiger partial charge >= 0.3 is 5.69 Å². The average Bonchev–Trinajstić information content (AvgIpc) is 2.75. The Bertz CT molecular complexity index is 1420. The van der Waals surface area contributed by atoms with Crippen LogP contribution in [0.3, 0.4) is 0 Å². The number of pyridine rings is 1. The molecule has 1 aromatic carbocycles. The molecule has 0 aliphatic heterocycles. The van der Waals surface area contributed by atoms with E-state index in [1.54, 1.807) is 0 Å². The number of ether oxygens (including phenoxy) is 1. The van der Waals surface area contributed by atoms with Crippen LogP contribution in [0, 0.1) is 0 Å². The molecule has 2 heterocycles. The third-order valence-electron chi connectivity index (χ3n) is 4.74. The number of methoxy groups -OCH3 is 1. The maximum atomic E-state index is 12.7. The summed E-state index contributed by atoms with van der Waals surface area (Å²) in [6.45, 7) is 0. The van der Waals surface area contributed by atoms with E-state index in [1.807, 2.05) is 0 Å². The lowest BCUT2D eigenvalue weighted by molar-refractivity contribution is 0.102. The first-order chi connectivity index (χ1) is 14.5. The second-order valence-electron chi connectivity index (χ2n) is 6.91. The van der Waals surface area contributed by atoms with Crippen molar-refractivity contribution in [2.45, 2.75) is 4.90 Å². The highest BCUT2D eigenvalue weighted by atomic mass is 32.2. The van der Waals surface area contributed by atoms with Crippen molar-refractivity contribution in [3.8, 4) is 5.75 Å². The molecular formula is C19H21N5O6S. The van der Waals surface area contributed by atoms with Gasteiger partial charge in [-0.1, -0.05) is 0 Å². The van der Waals surface area contributed by atoms with E-state index in [0.717, 1.165) is 8.87 Å². The van der Waals surface area contributed by atoms with Gasteiger partial charge in [0, 0.05) is 33.8 Å². The molecule has 1 amide bonds. The van der Waals surface area contributed by atoms with Crippen molar-refractivity contribution in [2.24, 2.45) is 14.1 Å². The Balaban J connectivity index is 2.03. The summed E-state index contributed by atoms with van der Waals surface area (Å²) < 4.78 is 33.4. The van der Waals surface area contributed by atoms with Crippen LogP contribution in [0.1, 0.15) is 10.4 Å². The lowest BCUT2D eigenvalue weighted by Gasteiger charge is -2.15. The van der Waals surface area contributed by atoms with Crippen LogP contribution in [0.2, 0.25) is 0 Å². The van der Waals surface area contributed by atoms with E-state index in [9.17, 15) is 22.8 Å². The van der Waals surface area contributed by atoms with Gasteiger partial charge in [-0.2, -0.15) is 0 Å². The predicted octanol–water partition coefficient (Wildman–Crippen LogP) is 0.143. The molecule has 2 aromatic heterocycles. The van der Waals surface area contributed by atoms with Crippen LogP contribution in [-0.2, 0) is 24.1 Å². The number of carbonyl (C=O) groups is 1. The number of hydrogen-bond acceptors (Lipinski definition) is 7. The predicted molar refractivity (Wildman–Crippen MR) is 114 cm³/mol. The molecule has 164 valence electrons. The Hall–Kier alpha value is -3.51. The summed E-state index contributed by atoms with van der Waals surface area (Å²) in [5.41, 5.74) is -0.620. The number of fused-ring (bicyclic) bond motifs is 1.